The highest BCUT2D eigenvalue weighted by atomic mass is 16.2. The van der Waals surface area contributed by atoms with E-state index in [1.54, 1.807) is 6.08 Å². The Hall–Kier alpha value is -0.870. The topological polar surface area (TPSA) is 35.6 Å². The standard InChI is InChI=1S/C15H31N3O/c1-8-10-16-11-9-15(19)18(14(6)7)17(12(2)3)13(4)5/h8,12-14,16H,1,9-11H2,2-7H3. The number of carbonyl (C=O) groups excluding carboxylic acids is 1. The Morgan fingerprint density at radius 1 is 1.11 bits per heavy atom. The van der Waals surface area contributed by atoms with Crippen molar-refractivity contribution in [2.75, 3.05) is 13.1 Å². The molecule has 0 aliphatic carbocycles. The van der Waals surface area contributed by atoms with E-state index in [9.17, 15) is 4.79 Å². The van der Waals surface area contributed by atoms with Gasteiger partial charge in [-0.05, 0) is 41.5 Å². The molecule has 0 unspecified atom stereocenters. The number of hydrogen-bond donors (Lipinski definition) is 1. The summed E-state index contributed by atoms with van der Waals surface area (Å²) in [6, 6.07) is 0.802. The van der Waals surface area contributed by atoms with Crippen molar-refractivity contribution in [3.63, 3.8) is 0 Å². The van der Waals surface area contributed by atoms with Crippen molar-refractivity contribution >= 4 is 5.91 Å². The van der Waals surface area contributed by atoms with Crippen molar-refractivity contribution in [3.05, 3.63) is 12.7 Å². The van der Waals surface area contributed by atoms with Gasteiger partial charge in [-0.25, -0.2) is 5.01 Å². The first kappa shape index (κ1) is 18.1. The average Bonchev–Trinajstić information content (AvgIpc) is 2.29. The quantitative estimate of drug-likeness (QED) is 0.397. The van der Waals surface area contributed by atoms with Crippen LogP contribution in [-0.4, -0.2) is 47.1 Å². The second kappa shape index (κ2) is 9.10. The van der Waals surface area contributed by atoms with Crippen LogP contribution in [0.4, 0.5) is 0 Å². The van der Waals surface area contributed by atoms with Crippen molar-refractivity contribution in [1.82, 2.24) is 15.3 Å². The Bertz CT molecular complexity index is 267. The Morgan fingerprint density at radius 2 is 1.63 bits per heavy atom. The maximum Gasteiger partial charge on any atom is 0.238 e. The molecule has 112 valence electrons. The number of rotatable bonds is 9. The van der Waals surface area contributed by atoms with E-state index < -0.39 is 0 Å². The van der Waals surface area contributed by atoms with Crippen molar-refractivity contribution in [2.45, 2.75) is 66.1 Å². The molecule has 4 heteroatoms. The van der Waals surface area contributed by atoms with Gasteiger partial charge < -0.3 is 5.32 Å². The molecule has 19 heavy (non-hydrogen) atoms. The fourth-order valence-corrected chi connectivity index (χ4v) is 2.29. The molecule has 0 aromatic rings. The molecule has 1 N–H and O–H groups in total. The molecule has 0 aromatic carbocycles. The van der Waals surface area contributed by atoms with Crippen molar-refractivity contribution in [1.29, 1.82) is 0 Å². The van der Waals surface area contributed by atoms with Crippen molar-refractivity contribution in [2.24, 2.45) is 0 Å². The number of hydrazine groups is 1. The molecule has 1 amide bonds. The van der Waals surface area contributed by atoms with Gasteiger partial charge in [-0.3, -0.25) is 9.80 Å². The van der Waals surface area contributed by atoms with Gasteiger partial charge in [0.05, 0.1) is 0 Å². The molecule has 0 saturated carbocycles. The van der Waals surface area contributed by atoms with Gasteiger partial charge in [-0.15, -0.1) is 6.58 Å². The maximum atomic E-state index is 12.4. The van der Waals surface area contributed by atoms with E-state index in [0.717, 1.165) is 6.54 Å². The predicted molar refractivity (Wildman–Crippen MR) is 81.8 cm³/mol. The van der Waals surface area contributed by atoms with Gasteiger partial charge in [0, 0.05) is 37.6 Å². The van der Waals surface area contributed by atoms with E-state index in [1.807, 2.05) is 5.01 Å². The summed E-state index contributed by atoms with van der Waals surface area (Å²) in [6.07, 6.45) is 2.32. The normalized spacial score (nSPS) is 11.7. The Labute approximate surface area is 118 Å². The lowest BCUT2D eigenvalue weighted by molar-refractivity contribution is -0.163. The zero-order valence-corrected chi connectivity index (χ0v) is 13.4. The predicted octanol–water partition coefficient (Wildman–Crippen LogP) is 2.42. The fourth-order valence-electron chi connectivity index (χ4n) is 2.29. The molecule has 0 fully saturated rings. The molecular formula is C15H31N3O. The number of nitrogens with zero attached hydrogens (tertiary/aromatic N) is 2. The molecule has 0 aliphatic rings. The minimum absolute atomic E-state index is 0.175. The molecule has 0 atom stereocenters. The highest BCUT2D eigenvalue weighted by Gasteiger charge is 2.27. The maximum absolute atomic E-state index is 12.4. The smallest absolute Gasteiger partial charge is 0.238 e. The number of amides is 1. The summed E-state index contributed by atoms with van der Waals surface area (Å²) in [5.41, 5.74) is 0. The van der Waals surface area contributed by atoms with Gasteiger partial charge >= 0.3 is 0 Å². The summed E-state index contributed by atoms with van der Waals surface area (Å²) in [7, 11) is 0. The Kier molecular flexibility index (Phi) is 8.68. The molecule has 0 aliphatic heterocycles. The van der Waals surface area contributed by atoms with Gasteiger partial charge in [-0.1, -0.05) is 6.08 Å². The minimum Gasteiger partial charge on any atom is -0.313 e. The van der Waals surface area contributed by atoms with Crippen LogP contribution in [0.2, 0.25) is 0 Å². The zero-order valence-electron chi connectivity index (χ0n) is 13.4. The zero-order chi connectivity index (χ0) is 15.0. The van der Waals surface area contributed by atoms with Gasteiger partial charge in [0.25, 0.3) is 0 Å². The Morgan fingerprint density at radius 3 is 2.00 bits per heavy atom. The minimum atomic E-state index is 0.175. The second-order valence-electron chi connectivity index (χ2n) is 5.64. The van der Waals surface area contributed by atoms with Crippen LogP contribution in [0, 0.1) is 0 Å². The summed E-state index contributed by atoms with van der Waals surface area (Å²) >= 11 is 0. The lowest BCUT2D eigenvalue weighted by Crippen LogP contribution is -2.56. The van der Waals surface area contributed by atoms with Crippen molar-refractivity contribution in [3.8, 4) is 0 Å². The summed E-state index contributed by atoms with van der Waals surface area (Å²) in [5.74, 6) is 0.175. The van der Waals surface area contributed by atoms with Crippen LogP contribution in [0.1, 0.15) is 48.0 Å². The van der Waals surface area contributed by atoms with Crippen LogP contribution in [0.25, 0.3) is 0 Å². The molecule has 0 aromatic heterocycles. The van der Waals surface area contributed by atoms with Crippen molar-refractivity contribution < 1.29 is 4.79 Å². The first-order valence-corrected chi connectivity index (χ1v) is 7.24. The molecule has 4 nitrogen and oxygen atoms in total. The van der Waals surface area contributed by atoms with Gasteiger partial charge in [0.15, 0.2) is 0 Å². The monoisotopic (exact) mass is 269 g/mol. The van der Waals surface area contributed by atoms with Crippen LogP contribution in [0.5, 0.6) is 0 Å². The first-order valence-electron chi connectivity index (χ1n) is 7.24. The van der Waals surface area contributed by atoms with Crippen LogP contribution < -0.4 is 5.32 Å². The van der Waals surface area contributed by atoms with Gasteiger partial charge in [0.1, 0.15) is 0 Å². The number of hydrogen-bond acceptors (Lipinski definition) is 3. The van der Waals surface area contributed by atoms with E-state index in [-0.39, 0.29) is 11.9 Å². The van der Waals surface area contributed by atoms with Crippen LogP contribution in [0.15, 0.2) is 12.7 Å². The summed E-state index contributed by atoms with van der Waals surface area (Å²) in [6.45, 7) is 17.7. The van der Waals surface area contributed by atoms with E-state index in [1.165, 1.54) is 0 Å². The average molecular weight is 269 g/mol. The van der Waals surface area contributed by atoms with Crippen LogP contribution >= 0.6 is 0 Å². The summed E-state index contributed by atoms with van der Waals surface area (Å²) < 4.78 is 0. The van der Waals surface area contributed by atoms with E-state index in [4.69, 9.17) is 0 Å². The molecule has 0 radical (unpaired) electrons. The number of carbonyl (C=O) groups is 1. The van der Waals surface area contributed by atoms with E-state index >= 15 is 0 Å². The van der Waals surface area contributed by atoms with Crippen LogP contribution in [-0.2, 0) is 4.79 Å². The number of nitrogens with one attached hydrogen (secondary N) is 1. The van der Waals surface area contributed by atoms with Gasteiger partial charge in [-0.2, -0.15) is 0 Å². The largest absolute Gasteiger partial charge is 0.313 e. The molecule has 0 saturated heterocycles. The SMILES string of the molecule is C=CCNCCC(=O)N(C(C)C)N(C(C)C)C(C)C. The van der Waals surface area contributed by atoms with Gasteiger partial charge in [0.2, 0.25) is 5.91 Å². The van der Waals surface area contributed by atoms with E-state index in [2.05, 4.69) is 58.4 Å². The third-order valence-corrected chi connectivity index (χ3v) is 2.86. The fraction of sp³-hybridized carbons (Fsp3) is 0.800. The second-order valence-corrected chi connectivity index (χ2v) is 5.64. The lowest BCUT2D eigenvalue weighted by Gasteiger charge is -2.43. The first-order chi connectivity index (χ1) is 8.82. The molecule has 0 bridgehead atoms. The highest BCUT2D eigenvalue weighted by Crippen LogP contribution is 2.15. The van der Waals surface area contributed by atoms with Crippen LogP contribution in [0.3, 0.4) is 0 Å². The Balaban J connectivity index is 4.69. The summed E-state index contributed by atoms with van der Waals surface area (Å²) in [4.78, 5) is 12.4. The lowest BCUT2D eigenvalue weighted by atomic mass is 10.2. The molecule has 0 heterocycles. The summed E-state index contributed by atoms with van der Waals surface area (Å²) in [5, 5.41) is 7.25. The molecular weight excluding hydrogens is 238 g/mol. The molecule has 0 spiro atoms. The third kappa shape index (κ3) is 6.21. The third-order valence-electron chi connectivity index (χ3n) is 2.86. The highest BCUT2D eigenvalue weighted by molar-refractivity contribution is 5.76. The van der Waals surface area contributed by atoms with E-state index in [0.29, 0.717) is 25.0 Å². The molecule has 0 rings (SSSR count).